The van der Waals surface area contributed by atoms with Gasteiger partial charge < -0.3 is 25.2 Å². The standard InChI is InChI=1S/C12H26O5/c1-10(5-11(2)16)6-17-4-3-12(7-13,8-14)9-15/h10-11,13-16H,3-9H2,1-2H3. The average Bonchev–Trinajstić information content (AvgIpc) is 2.29. The van der Waals surface area contributed by atoms with Crippen molar-refractivity contribution < 1.29 is 25.2 Å². The van der Waals surface area contributed by atoms with E-state index < -0.39 is 5.41 Å². The molecule has 2 atom stereocenters. The van der Waals surface area contributed by atoms with Gasteiger partial charge in [-0.05, 0) is 25.7 Å². The lowest BCUT2D eigenvalue weighted by atomic mass is 9.88. The van der Waals surface area contributed by atoms with Gasteiger partial charge in [0, 0.05) is 18.6 Å². The molecule has 104 valence electrons. The van der Waals surface area contributed by atoms with E-state index in [0.29, 0.717) is 26.1 Å². The second-order valence-electron chi connectivity index (χ2n) is 4.99. The third-order valence-corrected chi connectivity index (χ3v) is 2.93. The van der Waals surface area contributed by atoms with Crippen LogP contribution in [0.3, 0.4) is 0 Å². The third kappa shape index (κ3) is 6.95. The van der Waals surface area contributed by atoms with Gasteiger partial charge in [0.1, 0.15) is 0 Å². The first kappa shape index (κ1) is 16.8. The molecule has 0 fully saturated rings. The first-order valence-electron chi connectivity index (χ1n) is 6.08. The Morgan fingerprint density at radius 3 is 2.00 bits per heavy atom. The first-order valence-corrected chi connectivity index (χ1v) is 6.08. The monoisotopic (exact) mass is 250 g/mol. The summed E-state index contributed by atoms with van der Waals surface area (Å²) in [5.74, 6) is 0.266. The highest BCUT2D eigenvalue weighted by Crippen LogP contribution is 2.20. The Balaban J connectivity index is 3.75. The largest absolute Gasteiger partial charge is 0.396 e. The normalized spacial score (nSPS) is 15.9. The topological polar surface area (TPSA) is 90.2 Å². The summed E-state index contributed by atoms with van der Waals surface area (Å²) in [4.78, 5) is 0. The lowest BCUT2D eigenvalue weighted by molar-refractivity contribution is -0.0254. The molecule has 0 aromatic rings. The molecule has 0 amide bonds. The van der Waals surface area contributed by atoms with Crippen LogP contribution >= 0.6 is 0 Å². The van der Waals surface area contributed by atoms with Crippen LogP contribution in [0.15, 0.2) is 0 Å². The number of hydrogen-bond donors (Lipinski definition) is 4. The Morgan fingerprint density at radius 1 is 1.06 bits per heavy atom. The van der Waals surface area contributed by atoms with E-state index in [1.54, 1.807) is 6.92 Å². The minimum atomic E-state index is -0.854. The molecule has 0 spiro atoms. The molecule has 0 radical (unpaired) electrons. The van der Waals surface area contributed by atoms with Crippen molar-refractivity contribution in [2.24, 2.45) is 11.3 Å². The molecule has 17 heavy (non-hydrogen) atoms. The molecule has 4 N–H and O–H groups in total. The maximum Gasteiger partial charge on any atom is 0.0532 e. The van der Waals surface area contributed by atoms with Crippen LogP contribution in [-0.2, 0) is 4.74 Å². The van der Waals surface area contributed by atoms with E-state index in [1.165, 1.54) is 0 Å². The highest BCUT2D eigenvalue weighted by Gasteiger charge is 2.27. The zero-order chi connectivity index (χ0) is 13.3. The summed E-state index contributed by atoms with van der Waals surface area (Å²) in [6, 6.07) is 0. The summed E-state index contributed by atoms with van der Waals surface area (Å²) in [5.41, 5.74) is -0.854. The Hall–Kier alpha value is -0.200. The molecule has 0 aliphatic carbocycles. The van der Waals surface area contributed by atoms with Gasteiger partial charge in [-0.2, -0.15) is 0 Å². The lowest BCUT2D eigenvalue weighted by Gasteiger charge is -2.27. The van der Waals surface area contributed by atoms with Crippen LogP contribution < -0.4 is 0 Å². The molecule has 0 aliphatic rings. The fraction of sp³-hybridized carbons (Fsp3) is 1.00. The van der Waals surface area contributed by atoms with Crippen molar-refractivity contribution >= 4 is 0 Å². The third-order valence-electron chi connectivity index (χ3n) is 2.93. The van der Waals surface area contributed by atoms with Crippen molar-refractivity contribution in [1.82, 2.24) is 0 Å². The highest BCUT2D eigenvalue weighted by molar-refractivity contribution is 4.76. The molecule has 0 saturated heterocycles. The Morgan fingerprint density at radius 2 is 1.59 bits per heavy atom. The average molecular weight is 250 g/mol. The molecule has 0 saturated carbocycles. The fourth-order valence-corrected chi connectivity index (χ4v) is 1.61. The number of aliphatic hydroxyl groups excluding tert-OH is 4. The Labute approximate surface area is 103 Å². The van der Waals surface area contributed by atoms with Gasteiger partial charge in [-0.25, -0.2) is 0 Å². The minimum absolute atomic E-state index is 0.257. The predicted molar refractivity (Wildman–Crippen MR) is 64.6 cm³/mol. The van der Waals surface area contributed by atoms with Crippen molar-refractivity contribution in [2.75, 3.05) is 33.0 Å². The van der Waals surface area contributed by atoms with Crippen molar-refractivity contribution in [1.29, 1.82) is 0 Å². The molecular weight excluding hydrogens is 224 g/mol. The molecule has 0 aliphatic heterocycles. The zero-order valence-corrected chi connectivity index (χ0v) is 10.8. The number of aliphatic hydroxyl groups is 4. The van der Waals surface area contributed by atoms with E-state index in [-0.39, 0.29) is 31.8 Å². The van der Waals surface area contributed by atoms with E-state index >= 15 is 0 Å². The summed E-state index contributed by atoms with van der Waals surface area (Å²) in [5, 5.41) is 36.5. The van der Waals surface area contributed by atoms with E-state index in [0.717, 1.165) is 0 Å². The summed E-state index contributed by atoms with van der Waals surface area (Å²) in [7, 11) is 0. The summed E-state index contributed by atoms with van der Waals surface area (Å²) in [6.07, 6.45) is 0.767. The van der Waals surface area contributed by atoms with Crippen molar-refractivity contribution in [2.45, 2.75) is 32.8 Å². The van der Waals surface area contributed by atoms with Gasteiger partial charge in [0.2, 0.25) is 0 Å². The Bertz CT molecular complexity index is 171. The summed E-state index contributed by atoms with van der Waals surface area (Å²) in [6.45, 7) is 3.87. The van der Waals surface area contributed by atoms with Crippen LogP contribution in [0.4, 0.5) is 0 Å². The fourth-order valence-electron chi connectivity index (χ4n) is 1.61. The second-order valence-corrected chi connectivity index (χ2v) is 4.99. The van der Waals surface area contributed by atoms with Crippen LogP contribution in [0, 0.1) is 11.3 Å². The lowest BCUT2D eigenvalue weighted by Crippen LogP contribution is -2.35. The van der Waals surface area contributed by atoms with Crippen LogP contribution in [0.1, 0.15) is 26.7 Å². The van der Waals surface area contributed by atoms with Gasteiger partial charge in [-0.15, -0.1) is 0 Å². The maximum atomic E-state index is 9.17. The number of rotatable bonds is 10. The van der Waals surface area contributed by atoms with Crippen LogP contribution in [0.25, 0.3) is 0 Å². The van der Waals surface area contributed by atoms with Crippen LogP contribution in [0.5, 0.6) is 0 Å². The number of hydrogen-bond acceptors (Lipinski definition) is 5. The van der Waals surface area contributed by atoms with Gasteiger partial charge in [0.15, 0.2) is 0 Å². The van der Waals surface area contributed by atoms with Gasteiger partial charge in [-0.3, -0.25) is 0 Å². The van der Waals surface area contributed by atoms with E-state index in [2.05, 4.69) is 0 Å². The first-order chi connectivity index (χ1) is 7.99. The van der Waals surface area contributed by atoms with Crippen molar-refractivity contribution in [3.63, 3.8) is 0 Å². The van der Waals surface area contributed by atoms with Crippen LogP contribution in [-0.4, -0.2) is 59.6 Å². The van der Waals surface area contributed by atoms with Gasteiger partial charge >= 0.3 is 0 Å². The molecule has 0 aromatic carbocycles. The van der Waals surface area contributed by atoms with Crippen LogP contribution in [0.2, 0.25) is 0 Å². The zero-order valence-electron chi connectivity index (χ0n) is 10.8. The van der Waals surface area contributed by atoms with Crippen molar-refractivity contribution in [3.8, 4) is 0 Å². The van der Waals surface area contributed by atoms with E-state index in [9.17, 15) is 0 Å². The maximum absolute atomic E-state index is 9.17. The molecule has 0 rings (SSSR count). The van der Waals surface area contributed by atoms with E-state index in [1.807, 2.05) is 6.92 Å². The molecule has 0 aromatic heterocycles. The predicted octanol–water partition coefficient (Wildman–Crippen LogP) is -0.237. The molecule has 0 bridgehead atoms. The van der Waals surface area contributed by atoms with Gasteiger partial charge in [0.05, 0.1) is 25.9 Å². The molecular formula is C12H26O5. The molecule has 5 nitrogen and oxygen atoms in total. The van der Waals surface area contributed by atoms with Gasteiger partial charge in [-0.1, -0.05) is 6.92 Å². The number of ether oxygens (including phenoxy) is 1. The second kappa shape index (κ2) is 8.83. The Kier molecular flexibility index (Phi) is 8.72. The molecule has 0 heterocycles. The SMILES string of the molecule is CC(O)CC(C)COCCC(CO)(CO)CO. The molecule has 2 unspecified atom stereocenters. The van der Waals surface area contributed by atoms with Gasteiger partial charge in [0.25, 0.3) is 0 Å². The summed E-state index contributed by atoms with van der Waals surface area (Å²) >= 11 is 0. The minimum Gasteiger partial charge on any atom is -0.396 e. The van der Waals surface area contributed by atoms with E-state index in [4.69, 9.17) is 25.2 Å². The van der Waals surface area contributed by atoms with Crippen molar-refractivity contribution in [3.05, 3.63) is 0 Å². The smallest absolute Gasteiger partial charge is 0.0532 e. The summed E-state index contributed by atoms with van der Waals surface area (Å²) < 4.78 is 5.41. The molecule has 5 heteroatoms. The highest BCUT2D eigenvalue weighted by atomic mass is 16.5. The quantitative estimate of drug-likeness (QED) is 0.402.